The van der Waals surface area contributed by atoms with E-state index in [-0.39, 0.29) is 6.04 Å². The van der Waals surface area contributed by atoms with Crippen molar-refractivity contribution in [1.82, 2.24) is 4.98 Å². The van der Waals surface area contributed by atoms with Crippen LogP contribution in [0.3, 0.4) is 0 Å². The molecule has 3 nitrogen and oxygen atoms in total. The molecule has 1 rings (SSSR count). The average molecular weight is 251 g/mol. The minimum absolute atomic E-state index is 0.175. The Hall–Kier alpha value is -0.160. The van der Waals surface area contributed by atoms with Crippen LogP contribution >= 0.6 is 27.5 Å². The summed E-state index contributed by atoms with van der Waals surface area (Å²) in [6, 6.07) is 1.65. The van der Waals surface area contributed by atoms with Gasteiger partial charge in [-0.15, -0.1) is 0 Å². The molecule has 0 aliphatic carbocycles. The SMILES string of the molecule is NCC(N)c1cnc(Cl)c(Br)c1. The summed E-state index contributed by atoms with van der Waals surface area (Å²) in [6.45, 7) is 0.399. The van der Waals surface area contributed by atoms with Crippen LogP contribution in [-0.4, -0.2) is 11.5 Å². The number of hydrogen-bond donors (Lipinski definition) is 2. The molecular weight excluding hydrogens is 241 g/mol. The molecule has 1 aromatic rings. The van der Waals surface area contributed by atoms with Crippen LogP contribution in [0, 0.1) is 0 Å². The zero-order valence-electron chi connectivity index (χ0n) is 6.30. The Balaban J connectivity index is 2.96. The van der Waals surface area contributed by atoms with Gasteiger partial charge in [-0.05, 0) is 27.6 Å². The van der Waals surface area contributed by atoms with E-state index in [0.717, 1.165) is 10.0 Å². The van der Waals surface area contributed by atoms with Crippen LogP contribution in [0.4, 0.5) is 0 Å². The van der Waals surface area contributed by atoms with Gasteiger partial charge in [-0.3, -0.25) is 0 Å². The number of nitrogens with zero attached hydrogens (tertiary/aromatic N) is 1. The van der Waals surface area contributed by atoms with Crippen molar-refractivity contribution in [3.63, 3.8) is 0 Å². The highest BCUT2D eigenvalue weighted by Crippen LogP contribution is 2.22. The van der Waals surface area contributed by atoms with Gasteiger partial charge in [0.05, 0.1) is 4.47 Å². The highest BCUT2D eigenvalue weighted by molar-refractivity contribution is 9.10. The first-order valence-electron chi connectivity index (χ1n) is 3.41. The average Bonchev–Trinajstić information content (AvgIpc) is 2.08. The Morgan fingerprint density at radius 3 is 2.83 bits per heavy atom. The zero-order valence-corrected chi connectivity index (χ0v) is 8.64. The van der Waals surface area contributed by atoms with Crippen LogP contribution in [0.25, 0.3) is 0 Å². The molecule has 5 heteroatoms. The van der Waals surface area contributed by atoms with E-state index in [1.54, 1.807) is 6.20 Å². The van der Waals surface area contributed by atoms with Crippen molar-refractivity contribution in [2.24, 2.45) is 11.5 Å². The highest BCUT2D eigenvalue weighted by atomic mass is 79.9. The van der Waals surface area contributed by atoms with Gasteiger partial charge in [0.1, 0.15) is 5.15 Å². The fourth-order valence-electron chi connectivity index (χ4n) is 0.775. The van der Waals surface area contributed by atoms with Gasteiger partial charge < -0.3 is 11.5 Å². The lowest BCUT2D eigenvalue weighted by molar-refractivity contribution is 0.732. The minimum Gasteiger partial charge on any atom is -0.329 e. The van der Waals surface area contributed by atoms with Gasteiger partial charge in [-0.25, -0.2) is 4.98 Å². The van der Waals surface area contributed by atoms with Crippen molar-refractivity contribution in [2.75, 3.05) is 6.54 Å². The van der Waals surface area contributed by atoms with E-state index in [0.29, 0.717) is 11.7 Å². The summed E-state index contributed by atoms with van der Waals surface area (Å²) in [4.78, 5) is 3.93. The molecule has 0 aliphatic rings. The Labute approximate surface area is 84.2 Å². The molecular formula is C7H9BrClN3. The first-order chi connectivity index (χ1) is 5.65. The Morgan fingerprint density at radius 2 is 2.33 bits per heavy atom. The number of pyridine rings is 1. The summed E-state index contributed by atoms with van der Waals surface area (Å²) < 4.78 is 0.741. The highest BCUT2D eigenvalue weighted by Gasteiger charge is 2.06. The minimum atomic E-state index is -0.175. The van der Waals surface area contributed by atoms with Crippen molar-refractivity contribution >= 4 is 27.5 Å². The first-order valence-corrected chi connectivity index (χ1v) is 4.59. The lowest BCUT2D eigenvalue weighted by Crippen LogP contribution is -2.20. The molecule has 0 saturated heterocycles. The second-order valence-corrected chi connectivity index (χ2v) is 3.60. The second-order valence-electron chi connectivity index (χ2n) is 2.38. The van der Waals surface area contributed by atoms with Crippen LogP contribution in [0.15, 0.2) is 16.7 Å². The van der Waals surface area contributed by atoms with Crippen molar-refractivity contribution in [1.29, 1.82) is 0 Å². The third-order valence-corrected chi connectivity index (χ3v) is 2.63. The molecule has 1 atom stereocenters. The summed E-state index contributed by atoms with van der Waals surface area (Å²) >= 11 is 8.95. The summed E-state index contributed by atoms with van der Waals surface area (Å²) in [5, 5.41) is 0.433. The van der Waals surface area contributed by atoms with E-state index in [4.69, 9.17) is 23.1 Å². The van der Waals surface area contributed by atoms with Crippen molar-refractivity contribution in [3.05, 3.63) is 27.5 Å². The standard InChI is InChI=1S/C7H9BrClN3/c8-5-1-4(6(11)2-10)3-12-7(5)9/h1,3,6H,2,10-11H2. The molecule has 0 fully saturated rings. The number of halogens is 2. The van der Waals surface area contributed by atoms with E-state index in [1.807, 2.05) is 6.07 Å². The van der Waals surface area contributed by atoms with E-state index >= 15 is 0 Å². The molecule has 0 bridgehead atoms. The van der Waals surface area contributed by atoms with Crippen molar-refractivity contribution in [2.45, 2.75) is 6.04 Å². The number of rotatable bonds is 2. The maximum Gasteiger partial charge on any atom is 0.143 e. The summed E-state index contributed by atoms with van der Waals surface area (Å²) in [5.41, 5.74) is 12.0. The third kappa shape index (κ3) is 2.17. The molecule has 66 valence electrons. The quantitative estimate of drug-likeness (QED) is 0.781. The maximum absolute atomic E-state index is 5.70. The molecule has 0 saturated carbocycles. The zero-order chi connectivity index (χ0) is 9.14. The van der Waals surface area contributed by atoms with Gasteiger partial charge in [0.2, 0.25) is 0 Å². The molecule has 1 heterocycles. The van der Waals surface area contributed by atoms with Crippen LogP contribution in [-0.2, 0) is 0 Å². The van der Waals surface area contributed by atoms with Gasteiger partial charge in [0, 0.05) is 18.8 Å². The largest absolute Gasteiger partial charge is 0.329 e. The van der Waals surface area contributed by atoms with Crippen LogP contribution in [0.1, 0.15) is 11.6 Å². The van der Waals surface area contributed by atoms with Crippen molar-refractivity contribution in [3.8, 4) is 0 Å². The van der Waals surface area contributed by atoms with Crippen molar-refractivity contribution < 1.29 is 0 Å². The van der Waals surface area contributed by atoms with E-state index in [2.05, 4.69) is 20.9 Å². The molecule has 4 N–H and O–H groups in total. The first kappa shape index (κ1) is 9.92. The summed E-state index contributed by atoms with van der Waals surface area (Å²) in [5.74, 6) is 0. The normalized spacial score (nSPS) is 13.0. The fraction of sp³-hybridized carbons (Fsp3) is 0.286. The monoisotopic (exact) mass is 249 g/mol. The van der Waals surface area contributed by atoms with Gasteiger partial charge in [0.25, 0.3) is 0 Å². The van der Waals surface area contributed by atoms with Gasteiger partial charge in [0.15, 0.2) is 0 Å². The Bertz CT molecular complexity index is 279. The van der Waals surface area contributed by atoms with Crippen LogP contribution < -0.4 is 11.5 Å². The number of hydrogen-bond acceptors (Lipinski definition) is 3. The lowest BCUT2D eigenvalue weighted by atomic mass is 10.1. The molecule has 1 aromatic heterocycles. The smallest absolute Gasteiger partial charge is 0.143 e. The van der Waals surface area contributed by atoms with E-state index in [9.17, 15) is 0 Å². The summed E-state index contributed by atoms with van der Waals surface area (Å²) in [6.07, 6.45) is 1.63. The fourth-order valence-corrected chi connectivity index (χ4v) is 1.24. The second kappa shape index (κ2) is 4.18. The topological polar surface area (TPSA) is 64.9 Å². The predicted molar refractivity (Wildman–Crippen MR) is 52.9 cm³/mol. The molecule has 0 aliphatic heterocycles. The van der Waals surface area contributed by atoms with E-state index < -0.39 is 0 Å². The predicted octanol–water partition coefficient (Wildman–Crippen LogP) is 1.46. The van der Waals surface area contributed by atoms with Gasteiger partial charge in [-0.1, -0.05) is 11.6 Å². The molecule has 12 heavy (non-hydrogen) atoms. The van der Waals surface area contributed by atoms with Crippen LogP contribution in [0.5, 0.6) is 0 Å². The number of nitrogens with two attached hydrogens (primary N) is 2. The molecule has 0 amide bonds. The number of aromatic nitrogens is 1. The third-order valence-electron chi connectivity index (χ3n) is 1.50. The van der Waals surface area contributed by atoms with Gasteiger partial charge in [-0.2, -0.15) is 0 Å². The molecule has 1 unspecified atom stereocenters. The Morgan fingerprint density at radius 1 is 1.67 bits per heavy atom. The molecule has 0 aromatic carbocycles. The molecule has 0 radical (unpaired) electrons. The molecule has 0 spiro atoms. The van der Waals surface area contributed by atoms with Gasteiger partial charge >= 0.3 is 0 Å². The maximum atomic E-state index is 5.70. The summed E-state index contributed by atoms with van der Waals surface area (Å²) in [7, 11) is 0. The Kier molecular flexibility index (Phi) is 3.46. The van der Waals surface area contributed by atoms with E-state index in [1.165, 1.54) is 0 Å². The lowest BCUT2D eigenvalue weighted by Gasteiger charge is -2.08. The van der Waals surface area contributed by atoms with Crippen LogP contribution in [0.2, 0.25) is 5.15 Å².